The highest BCUT2D eigenvalue weighted by Crippen LogP contribution is 2.20. The number of piperidine rings is 1. The predicted molar refractivity (Wildman–Crippen MR) is 66.9 cm³/mol. The molecule has 2 rings (SSSR count). The molecule has 16 heavy (non-hydrogen) atoms. The molecule has 0 saturated carbocycles. The average molecular weight is 219 g/mol. The van der Waals surface area contributed by atoms with E-state index in [0.717, 1.165) is 18.2 Å². The van der Waals surface area contributed by atoms with Crippen LogP contribution in [0.25, 0.3) is 0 Å². The van der Waals surface area contributed by atoms with E-state index in [1.807, 2.05) is 12.1 Å². The maximum Gasteiger partial charge on any atom is 0.123 e. The van der Waals surface area contributed by atoms with Crippen molar-refractivity contribution in [1.29, 1.82) is 0 Å². The minimum atomic E-state index is 0.626. The van der Waals surface area contributed by atoms with Crippen LogP contribution >= 0.6 is 0 Å². The van der Waals surface area contributed by atoms with Crippen molar-refractivity contribution in [2.45, 2.75) is 32.7 Å². The Hall–Kier alpha value is -1.09. The lowest BCUT2D eigenvalue weighted by Gasteiger charge is -2.31. The van der Waals surface area contributed by atoms with Crippen LogP contribution in [-0.2, 0) is 6.54 Å². The number of aromatic nitrogens is 1. The summed E-state index contributed by atoms with van der Waals surface area (Å²) in [6.45, 7) is 5.64. The second-order valence-electron chi connectivity index (χ2n) is 4.68. The molecule has 1 fully saturated rings. The molecule has 0 amide bonds. The summed E-state index contributed by atoms with van der Waals surface area (Å²) >= 11 is 0. The Balaban J connectivity index is 1.87. The quantitative estimate of drug-likeness (QED) is 0.848. The van der Waals surface area contributed by atoms with Gasteiger partial charge in [-0.2, -0.15) is 0 Å². The summed E-state index contributed by atoms with van der Waals surface area (Å²) in [6, 6.07) is 5.88. The largest absolute Gasteiger partial charge is 0.384 e. The van der Waals surface area contributed by atoms with Crippen LogP contribution in [0.3, 0.4) is 0 Å². The van der Waals surface area contributed by atoms with E-state index < -0.39 is 0 Å². The SMILES string of the molecule is CCC1CCN(Cc2cccc(N)n2)CC1. The highest BCUT2D eigenvalue weighted by atomic mass is 15.1. The average Bonchev–Trinajstić information content (AvgIpc) is 2.30. The summed E-state index contributed by atoms with van der Waals surface area (Å²) in [6.07, 6.45) is 3.99. The van der Waals surface area contributed by atoms with Crippen LogP contribution in [0.1, 0.15) is 31.9 Å². The van der Waals surface area contributed by atoms with Gasteiger partial charge in [-0.15, -0.1) is 0 Å². The van der Waals surface area contributed by atoms with Gasteiger partial charge in [-0.1, -0.05) is 19.4 Å². The zero-order valence-corrected chi connectivity index (χ0v) is 10.0. The normalized spacial score (nSPS) is 18.8. The maximum absolute atomic E-state index is 5.68. The smallest absolute Gasteiger partial charge is 0.123 e. The Bertz CT molecular complexity index is 330. The molecule has 1 aliphatic rings. The first-order chi connectivity index (χ1) is 7.78. The zero-order valence-electron chi connectivity index (χ0n) is 10.0. The number of hydrogen-bond donors (Lipinski definition) is 1. The van der Waals surface area contributed by atoms with Gasteiger partial charge in [0.2, 0.25) is 0 Å². The van der Waals surface area contributed by atoms with E-state index in [1.54, 1.807) is 0 Å². The molecule has 0 spiro atoms. The molecule has 0 aromatic carbocycles. The summed E-state index contributed by atoms with van der Waals surface area (Å²) in [5.41, 5.74) is 6.77. The second kappa shape index (κ2) is 5.30. The van der Waals surface area contributed by atoms with Crippen molar-refractivity contribution in [3.8, 4) is 0 Å². The second-order valence-corrected chi connectivity index (χ2v) is 4.68. The molecule has 3 nitrogen and oxygen atoms in total. The van der Waals surface area contributed by atoms with Gasteiger partial charge < -0.3 is 5.73 Å². The topological polar surface area (TPSA) is 42.1 Å². The first-order valence-electron chi connectivity index (χ1n) is 6.21. The van der Waals surface area contributed by atoms with Crippen LogP contribution in [0.4, 0.5) is 5.82 Å². The van der Waals surface area contributed by atoms with Gasteiger partial charge in [0.15, 0.2) is 0 Å². The summed E-state index contributed by atoms with van der Waals surface area (Å²) in [4.78, 5) is 6.82. The molecule has 88 valence electrons. The van der Waals surface area contributed by atoms with Crippen LogP contribution in [0, 0.1) is 5.92 Å². The van der Waals surface area contributed by atoms with Crippen LogP contribution in [0.2, 0.25) is 0 Å². The van der Waals surface area contributed by atoms with Crippen molar-refractivity contribution >= 4 is 5.82 Å². The molecule has 0 atom stereocenters. The van der Waals surface area contributed by atoms with Gasteiger partial charge in [-0.05, 0) is 44.0 Å². The number of nitrogens with zero attached hydrogens (tertiary/aromatic N) is 2. The molecule has 2 N–H and O–H groups in total. The molecule has 0 aliphatic carbocycles. The maximum atomic E-state index is 5.68. The lowest BCUT2D eigenvalue weighted by Crippen LogP contribution is -2.33. The molecule has 3 heteroatoms. The van der Waals surface area contributed by atoms with E-state index in [1.165, 1.54) is 32.4 Å². The summed E-state index contributed by atoms with van der Waals surface area (Å²) in [5.74, 6) is 1.56. The number of anilines is 1. The Labute approximate surface area is 97.7 Å². The third-order valence-electron chi connectivity index (χ3n) is 3.50. The van der Waals surface area contributed by atoms with E-state index in [0.29, 0.717) is 5.82 Å². The van der Waals surface area contributed by atoms with Crippen molar-refractivity contribution in [3.05, 3.63) is 23.9 Å². The number of likely N-dealkylation sites (tertiary alicyclic amines) is 1. The van der Waals surface area contributed by atoms with E-state index in [-0.39, 0.29) is 0 Å². The number of rotatable bonds is 3. The molecular formula is C13H21N3. The van der Waals surface area contributed by atoms with Crippen LogP contribution in [-0.4, -0.2) is 23.0 Å². The van der Waals surface area contributed by atoms with Crippen molar-refractivity contribution in [1.82, 2.24) is 9.88 Å². The fourth-order valence-electron chi connectivity index (χ4n) is 2.37. The Kier molecular flexibility index (Phi) is 3.78. The van der Waals surface area contributed by atoms with Crippen molar-refractivity contribution < 1.29 is 0 Å². The molecule has 0 radical (unpaired) electrons. The minimum Gasteiger partial charge on any atom is -0.384 e. The molecular weight excluding hydrogens is 198 g/mol. The predicted octanol–water partition coefficient (Wildman–Crippen LogP) is 2.29. The third kappa shape index (κ3) is 2.95. The zero-order chi connectivity index (χ0) is 11.4. The van der Waals surface area contributed by atoms with Crippen LogP contribution in [0.5, 0.6) is 0 Å². The van der Waals surface area contributed by atoms with Crippen molar-refractivity contribution in [3.63, 3.8) is 0 Å². The standard InChI is InChI=1S/C13H21N3/c1-2-11-6-8-16(9-7-11)10-12-4-3-5-13(14)15-12/h3-5,11H,2,6-10H2,1H3,(H2,14,15). The molecule has 1 aliphatic heterocycles. The van der Waals surface area contributed by atoms with Gasteiger partial charge in [-0.3, -0.25) is 4.90 Å². The Morgan fingerprint density at radius 3 is 2.75 bits per heavy atom. The number of nitrogens with two attached hydrogens (primary N) is 1. The van der Waals surface area contributed by atoms with Gasteiger partial charge in [0.1, 0.15) is 5.82 Å². The van der Waals surface area contributed by atoms with Gasteiger partial charge in [-0.25, -0.2) is 4.98 Å². The third-order valence-corrected chi connectivity index (χ3v) is 3.50. The van der Waals surface area contributed by atoms with Crippen LogP contribution in [0.15, 0.2) is 18.2 Å². The molecule has 0 unspecified atom stereocenters. The molecule has 0 bridgehead atoms. The molecule has 1 aromatic heterocycles. The lowest BCUT2D eigenvalue weighted by atomic mass is 9.94. The highest BCUT2D eigenvalue weighted by Gasteiger charge is 2.17. The minimum absolute atomic E-state index is 0.626. The molecule has 1 aromatic rings. The Morgan fingerprint density at radius 2 is 2.12 bits per heavy atom. The number of pyridine rings is 1. The first-order valence-corrected chi connectivity index (χ1v) is 6.21. The van der Waals surface area contributed by atoms with Gasteiger partial charge in [0.25, 0.3) is 0 Å². The summed E-state index contributed by atoms with van der Waals surface area (Å²) in [7, 11) is 0. The summed E-state index contributed by atoms with van der Waals surface area (Å²) in [5, 5.41) is 0. The van der Waals surface area contributed by atoms with Crippen LogP contribution < -0.4 is 5.73 Å². The van der Waals surface area contributed by atoms with Crippen molar-refractivity contribution in [2.24, 2.45) is 5.92 Å². The number of nitrogen functional groups attached to an aromatic ring is 1. The van der Waals surface area contributed by atoms with E-state index in [4.69, 9.17) is 5.73 Å². The van der Waals surface area contributed by atoms with Gasteiger partial charge in [0, 0.05) is 6.54 Å². The Morgan fingerprint density at radius 1 is 1.38 bits per heavy atom. The van der Waals surface area contributed by atoms with E-state index in [2.05, 4.69) is 22.9 Å². The fraction of sp³-hybridized carbons (Fsp3) is 0.615. The fourth-order valence-corrected chi connectivity index (χ4v) is 2.37. The molecule has 2 heterocycles. The summed E-state index contributed by atoms with van der Waals surface area (Å²) < 4.78 is 0. The highest BCUT2D eigenvalue weighted by molar-refractivity contribution is 5.28. The van der Waals surface area contributed by atoms with E-state index in [9.17, 15) is 0 Å². The first kappa shape index (κ1) is 11.4. The lowest BCUT2D eigenvalue weighted by molar-refractivity contribution is 0.173. The van der Waals surface area contributed by atoms with E-state index >= 15 is 0 Å². The van der Waals surface area contributed by atoms with Crippen molar-refractivity contribution in [2.75, 3.05) is 18.8 Å². The van der Waals surface area contributed by atoms with Gasteiger partial charge >= 0.3 is 0 Å². The molecule has 1 saturated heterocycles. The number of hydrogen-bond acceptors (Lipinski definition) is 3. The monoisotopic (exact) mass is 219 g/mol. The van der Waals surface area contributed by atoms with Gasteiger partial charge in [0.05, 0.1) is 5.69 Å².